The quantitative estimate of drug-likeness (QED) is 0.682. The summed E-state index contributed by atoms with van der Waals surface area (Å²) in [5, 5.41) is 3.29. The van der Waals surface area contributed by atoms with Gasteiger partial charge in [-0.2, -0.15) is 0 Å². The first-order chi connectivity index (χ1) is 12.2. The van der Waals surface area contributed by atoms with E-state index in [4.69, 9.17) is 15.2 Å². The molecule has 0 aliphatic rings. The lowest BCUT2D eigenvalue weighted by Gasteiger charge is -2.25. The number of ether oxygens (including phenoxy) is 2. The predicted molar refractivity (Wildman–Crippen MR) is 101 cm³/mol. The van der Waals surface area contributed by atoms with E-state index in [1.54, 1.807) is 14.2 Å². The molecule has 0 unspecified atom stereocenters. The molecule has 0 fully saturated rings. The van der Waals surface area contributed by atoms with Gasteiger partial charge < -0.3 is 25.4 Å². The van der Waals surface area contributed by atoms with Crippen LogP contribution in [0.25, 0.3) is 0 Å². The van der Waals surface area contributed by atoms with Gasteiger partial charge in [0.1, 0.15) is 12.0 Å². The Morgan fingerprint density at radius 2 is 1.68 bits per heavy atom. The van der Waals surface area contributed by atoms with Gasteiger partial charge in [-0.25, -0.2) is 9.97 Å². The lowest BCUT2D eigenvalue weighted by Crippen LogP contribution is -2.32. The molecule has 0 atom stereocenters. The molecule has 7 nitrogen and oxygen atoms in total. The van der Waals surface area contributed by atoms with Gasteiger partial charge in [0, 0.05) is 33.9 Å². The number of nitrogens with two attached hydrogens (primary N) is 1. The third kappa shape index (κ3) is 5.58. The number of methoxy groups -OCH3 is 2. The van der Waals surface area contributed by atoms with Crippen LogP contribution in [0.5, 0.6) is 0 Å². The van der Waals surface area contributed by atoms with Gasteiger partial charge in [0.05, 0.1) is 13.2 Å². The lowest BCUT2D eigenvalue weighted by atomic mass is 10.1. The van der Waals surface area contributed by atoms with Crippen LogP contribution in [0.2, 0.25) is 0 Å². The van der Waals surface area contributed by atoms with Gasteiger partial charge in [-0.3, -0.25) is 0 Å². The summed E-state index contributed by atoms with van der Waals surface area (Å²) in [5.41, 5.74) is 9.24. The smallest absolute Gasteiger partial charge is 0.157 e. The first kappa shape index (κ1) is 19.0. The Hall–Kier alpha value is -2.38. The van der Waals surface area contributed by atoms with Crippen LogP contribution in [-0.4, -0.2) is 50.5 Å². The molecule has 0 aliphatic heterocycles. The van der Waals surface area contributed by atoms with Crippen LogP contribution >= 0.6 is 0 Å². The number of benzene rings is 1. The molecule has 25 heavy (non-hydrogen) atoms. The van der Waals surface area contributed by atoms with E-state index in [0.717, 1.165) is 0 Å². The molecular formula is C18H27N5O2. The largest absolute Gasteiger partial charge is 0.393 e. The Labute approximate surface area is 149 Å². The molecule has 0 bridgehead atoms. The van der Waals surface area contributed by atoms with Gasteiger partial charge >= 0.3 is 0 Å². The van der Waals surface area contributed by atoms with E-state index in [-0.39, 0.29) is 0 Å². The van der Waals surface area contributed by atoms with Crippen molar-refractivity contribution in [2.24, 2.45) is 0 Å². The van der Waals surface area contributed by atoms with Crippen molar-refractivity contribution in [1.82, 2.24) is 9.97 Å². The minimum Gasteiger partial charge on any atom is -0.393 e. The van der Waals surface area contributed by atoms with E-state index >= 15 is 0 Å². The molecule has 0 saturated heterocycles. The van der Waals surface area contributed by atoms with Crippen LogP contribution in [-0.2, 0) is 16.0 Å². The second-order valence-corrected chi connectivity index (χ2v) is 5.77. The zero-order valence-electron chi connectivity index (χ0n) is 15.2. The summed E-state index contributed by atoms with van der Waals surface area (Å²) in [6.45, 7) is 5.24. The molecule has 0 amide bonds. The third-order valence-electron chi connectivity index (χ3n) is 3.87. The van der Waals surface area contributed by atoms with E-state index in [1.807, 2.05) is 4.90 Å². The Bertz CT molecular complexity index is 640. The van der Waals surface area contributed by atoms with Gasteiger partial charge in [-0.05, 0) is 12.5 Å². The van der Waals surface area contributed by atoms with Crippen LogP contribution in [0.3, 0.4) is 0 Å². The number of aryl methyl sites for hydroxylation is 1. The fourth-order valence-corrected chi connectivity index (χ4v) is 2.40. The van der Waals surface area contributed by atoms with Crippen molar-refractivity contribution >= 4 is 17.3 Å². The number of hydrogen-bond donors (Lipinski definition) is 2. The molecule has 3 N–H and O–H groups in total. The number of hydrogen-bond acceptors (Lipinski definition) is 7. The van der Waals surface area contributed by atoms with Crippen molar-refractivity contribution < 1.29 is 9.47 Å². The first-order valence-corrected chi connectivity index (χ1v) is 8.28. The predicted octanol–water partition coefficient (Wildman–Crippen LogP) is 2.08. The van der Waals surface area contributed by atoms with Crippen LogP contribution in [0.4, 0.5) is 17.3 Å². The molecular weight excluding hydrogens is 318 g/mol. The first-order valence-electron chi connectivity index (χ1n) is 8.28. The molecule has 136 valence electrons. The fourth-order valence-electron chi connectivity index (χ4n) is 2.40. The minimum atomic E-state index is 0.529. The highest BCUT2D eigenvalue weighted by atomic mass is 16.5. The van der Waals surface area contributed by atoms with E-state index in [1.165, 1.54) is 17.5 Å². The monoisotopic (exact) mass is 345 g/mol. The molecule has 1 heterocycles. The fraction of sp³-hybridized carbons (Fsp3) is 0.444. The Morgan fingerprint density at radius 3 is 2.28 bits per heavy atom. The zero-order valence-corrected chi connectivity index (χ0v) is 15.2. The Kier molecular flexibility index (Phi) is 7.43. The average molecular weight is 345 g/mol. The van der Waals surface area contributed by atoms with Crippen LogP contribution in [0, 0.1) is 6.92 Å². The Balaban J connectivity index is 2.11. The molecule has 0 spiro atoms. The number of rotatable bonds is 10. The summed E-state index contributed by atoms with van der Waals surface area (Å²) in [4.78, 5) is 10.7. The van der Waals surface area contributed by atoms with Crippen molar-refractivity contribution in [3.05, 3.63) is 41.7 Å². The highest BCUT2D eigenvalue weighted by Crippen LogP contribution is 2.26. The van der Waals surface area contributed by atoms with Crippen LogP contribution in [0.1, 0.15) is 11.1 Å². The third-order valence-corrected chi connectivity index (χ3v) is 3.87. The number of anilines is 3. The van der Waals surface area contributed by atoms with Crippen molar-refractivity contribution in [2.45, 2.75) is 13.5 Å². The number of nitrogens with zero attached hydrogens (tertiary/aromatic N) is 3. The maximum Gasteiger partial charge on any atom is 0.157 e. The molecule has 0 aliphatic carbocycles. The maximum atomic E-state index is 6.31. The highest BCUT2D eigenvalue weighted by Gasteiger charge is 2.15. The van der Waals surface area contributed by atoms with E-state index in [9.17, 15) is 0 Å². The minimum absolute atomic E-state index is 0.529. The van der Waals surface area contributed by atoms with Gasteiger partial charge in [-0.1, -0.05) is 29.8 Å². The van der Waals surface area contributed by atoms with Crippen LogP contribution in [0.15, 0.2) is 30.6 Å². The van der Waals surface area contributed by atoms with Crippen LogP contribution < -0.4 is 16.0 Å². The topological polar surface area (TPSA) is 85.5 Å². The SMILES string of the molecule is COCCN(CCOC)c1ncnc(NCc2ccc(C)cc2)c1N. The van der Waals surface area contributed by atoms with Gasteiger partial charge in [-0.15, -0.1) is 0 Å². The molecule has 2 aromatic rings. The summed E-state index contributed by atoms with van der Waals surface area (Å²) in [7, 11) is 3.35. The lowest BCUT2D eigenvalue weighted by molar-refractivity contribution is 0.190. The van der Waals surface area contributed by atoms with E-state index < -0.39 is 0 Å². The molecule has 7 heteroatoms. The molecule has 0 radical (unpaired) electrons. The van der Waals surface area contributed by atoms with E-state index in [0.29, 0.717) is 50.2 Å². The van der Waals surface area contributed by atoms with Crippen molar-refractivity contribution in [2.75, 3.05) is 56.5 Å². The normalized spacial score (nSPS) is 10.7. The van der Waals surface area contributed by atoms with Gasteiger partial charge in [0.15, 0.2) is 11.6 Å². The molecule has 1 aromatic carbocycles. The highest BCUT2D eigenvalue weighted by molar-refractivity contribution is 5.74. The van der Waals surface area contributed by atoms with Gasteiger partial charge in [0.25, 0.3) is 0 Å². The van der Waals surface area contributed by atoms with Crippen molar-refractivity contribution in [1.29, 1.82) is 0 Å². The van der Waals surface area contributed by atoms with Crippen molar-refractivity contribution in [3.8, 4) is 0 Å². The summed E-state index contributed by atoms with van der Waals surface area (Å²) in [6.07, 6.45) is 1.52. The van der Waals surface area contributed by atoms with E-state index in [2.05, 4.69) is 46.5 Å². The standard InChI is InChI=1S/C18H27N5O2/c1-14-4-6-15(7-5-14)12-20-17-16(19)18(22-13-21-17)23(8-10-24-2)9-11-25-3/h4-7,13H,8-12,19H2,1-3H3,(H,20,21,22). The summed E-state index contributed by atoms with van der Waals surface area (Å²) in [6, 6.07) is 8.35. The molecule has 2 rings (SSSR count). The number of aromatic nitrogens is 2. The second-order valence-electron chi connectivity index (χ2n) is 5.77. The number of nitrogens with one attached hydrogen (secondary N) is 1. The summed E-state index contributed by atoms with van der Waals surface area (Å²) >= 11 is 0. The van der Waals surface area contributed by atoms with Crippen molar-refractivity contribution in [3.63, 3.8) is 0 Å². The summed E-state index contributed by atoms with van der Waals surface area (Å²) < 4.78 is 10.4. The average Bonchev–Trinajstić information content (AvgIpc) is 2.63. The Morgan fingerprint density at radius 1 is 1.04 bits per heavy atom. The zero-order chi connectivity index (χ0) is 18.1. The summed E-state index contributed by atoms with van der Waals surface area (Å²) in [5.74, 6) is 1.32. The second kappa shape index (κ2) is 9.80. The molecule has 0 saturated carbocycles. The van der Waals surface area contributed by atoms with Gasteiger partial charge in [0.2, 0.25) is 0 Å². The maximum absolute atomic E-state index is 6.31. The molecule has 1 aromatic heterocycles. The number of nitrogen functional groups attached to an aromatic ring is 1.